The van der Waals surface area contributed by atoms with Crippen LogP contribution in [-0.4, -0.2) is 46.2 Å². The predicted octanol–water partition coefficient (Wildman–Crippen LogP) is 4.05. The summed E-state index contributed by atoms with van der Waals surface area (Å²) in [5.74, 6) is 0.198. The molecule has 10 heteroatoms. The molecule has 1 unspecified atom stereocenters. The molecule has 0 aromatic heterocycles. The second-order valence-electron chi connectivity index (χ2n) is 5.93. The molecule has 0 heterocycles. The van der Waals surface area contributed by atoms with Crippen LogP contribution in [0.25, 0.3) is 0 Å². The number of carbonyl (C=O) groups is 2. The van der Waals surface area contributed by atoms with Crippen LogP contribution in [0, 0.1) is 0 Å². The van der Waals surface area contributed by atoms with Gasteiger partial charge in [-0.1, -0.05) is 17.7 Å². The van der Waals surface area contributed by atoms with Gasteiger partial charge in [0, 0.05) is 17.8 Å². The van der Waals surface area contributed by atoms with Gasteiger partial charge in [0.2, 0.25) is 6.04 Å². The molecule has 0 saturated heterocycles. The van der Waals surface area contributed by atoms with Gasteiger partial charge in [0.15, 0.2) is 17.3 Å². The fourth-order valence-corrected chi connectivity index (χ4v) is 2.80. The van der Waals surface area contributed by atoms with E-state index in [1.54, 1.807) is 18.2 Å². The Morgan fingerprint density at radius 3 is 2.07 bits per heavy atom. The Morgan fingerprint density at radius 1 is 0.967 bits per heavy atom. The van der Waals surface area contributed by atoms with Crippen LogP contribution < -0.4 is 24.3 Å². The molecule has 9 nitrogen and oxygen atoms in total. The van der Waals surface area contributed by atoms with Gasteiger partial charge in [-0.25, -0.2) is 0 Å². The standard InChI is InChI=1S/C20H22ClN3O6/c1-11(25)18(24-23-13-7-6-8-14(27-2)19(13)30-5)20(26)22-12-9-15(28-3)17(21)16(10-12)29-4/h6-10,18H,1-5H3,(H,22,26). The van der Waals surface area contributed by atoms with Crippen molar-refractivity contribution >= 4 is 34.7 Å². The number of ketones is 1. The third kappa shape index (κ3) is 5.18. The summed E-state index contributed by atoms with van der Waals surface area (Å²) in [6.45, 7) is 1.25. The van der Waals surface area contributed by atoms with Crippen molar-refractivity contribution in [1.82, 2.24) is 0 Å². The van der Waals surface area contributed by atoms with Crippen molar-refractivity contribution in [2.45, 2.75) is 13.0 Å². The highest BCUT2D eigenvalue weighted by Crippen LogP contribution is 2.38. The maximum Gasteiger partial charge on any atom is 0.258 e. The zero-order valence-corrected chi connectivity index (χ0v) is 17.9. The molecule has 1 atom stereocenters. The summed E-state index contributed by atoms with van der Waals surface area (Å²) < 4.78 is 20.8. The van der Waals surface area contributed by atoms with Gasteiger partial charge in [-0.2, -0.15) is 10.2 Å². The first-order valence-electron chi connectivity index (χ1n) is 8.70. The molecule has 2 aromatic rings. The lowest BCUT2D eigenvalue weighted by Crippen LogP contribution is -2.31. The highest BCUT2D eigenvalue weighted by molar-refractivity contribution is 6.33. The molecule has 0 aliphatic rings. The molecule has 1 amide bonds. The quantitative estimate of drug-likeness (QED) is 0.470. The van der Waals surface area contributed by atoms with E-state index in [2.05, 4.69) is 15.5 Å². The number of para-hydroxylation sites is 1. The molecule has 0 radical (unpaired) electrons. The molecular formula is C20H22ClN3O6. The first-order valence-corrected chi connectivity index (χ1v) is 9.08. The minimum absolute atomic E-state index is 0.255. The number of nitrogens with one attached hydrogen (secondary N) is 1. The minimum atomic E-state index is -1.38. The normalized spacial score (nSPS) is 11.7. The highest BCUT2D eigenvalue weighted by atomic mass is 35.5. The van der Waals surface area contributed by atoms with Gasteiger partial charge >= 0.3 is 0 Å². The van der Waals surface area contributed by atoms with Crippen LogP contribution in [0.5, 0.6) is 23.0 Å². The number of benzene rings is 2. The molecule has 0 aliphatic heterocycles. The van der Waals surface area contributed by atoms with Gasteiger partial charge in [0.25, 0.3) is 5.91 Å². The second-order valence-corrected chi connectivity index (χ2v) is 6.30. The van der Waals surface area contributed by atoms with Gasteiger partial charge in [0.1, 0.15) is 22.2 Å². The van der Waals surface area contributed by atoms with E-state index < -0.39 is 17.7 Å². The first-order chi connectivity index (χ1) is 14.4. The maximum absolute atomic E-state index is 12.7. The zero-order valence-electron chi connectivity index (χ0n) is 17.2. The van der Waals surface area contributed by atoms with Gasteiger partial charge in [-0.3, -0.25) is 9.59 Å². The molecule has 0 aliphatic carbocycles. The van der Waals surface area contributed by atoms with Crippen LogP contribution in [0.4, 0.5) is 11.4 Å². The Hall–Kier alpha value is -3.33. The molecule has 30 heavy (non-hydrogen) atoms. The molecule has 2 aromatic carbocycles. The Labute approximate surface area is 178 Å². The predicted molar refractivity (Wildman–Crippen MR) is 112 cm³/mol. The summed E-state index contributed by atoms with van der Waals surface area (Å²) in [4.78, 5) is 24.7. The molecule has 0 fully saturated rings. The first kappa shape index (κ1) is 23.0. The lowest BCUT2D eigenvalue weighted by molar-refractivity contribution is -0.126. The topological polar surface area (TPSA) is 108 Å². The number of nitrogens with zero attached hydrogens (tertiary/aromatic N) is 2. The summed E-state index contributed by atoms with van der Waals surface area (Å²) in [5, 5.41) is 10.8. The number of azo groups is 1. The van der Waals surface area contributed by atoms with Crippen LogP contribution in [0.3, 0.4) is 0 Å². The molecule has 0 spiro atoms. The monoisotopic (exact) mass is 435 g/mol. The van der Waals surface area contributed by atoms with Crippen molar-refractivity contribution in [3.05, 3.63) is 35.4 Å². The van der Waals surface area contributed by atoms with Gasteiger partial charge < -0.3 is 24.3 Å². The number of Topliss-reactive ketones (excluding diaryl/α,β-unsaturated/α-hetero) is 1. The number of rotatable bonds is 9. The van der Waals surface area contributed by atoms with E-state index in [1.807, 2.05) is 0 Å². The van der Waals surface area contributed by atoms with Crippen molar-refractivity contribution < 1.29 is 28.5 Å². The summed E-state index contributed by atoms with van der Waals surface area (Å²) in [5.41, 5.74) is 0.629. The van der Waals surface area contributed by atoms with E-state index in [9.17, 15) is 9.59 Å². The maximum atomic E-state index is 12.7. The molecular weight excluding hydrogens is 414 g/mol. The third-order valence-corrected chi connectivity index (χ3v) is 4.38. The minimum Gasteiger partial charge on any atom is -0.495 e. The van der Waals surface area contributed by atoms with Crippen LogP contribution in [-0.2, 0) is 9.59 Å². The zero-order chi connectivity index (χ0) is 22.3. The van der Waals surface area contributed by atoms with Crippen molar-refractivity contribution in [3.63, 3.8) is 0 Å². The SMILES string of the molecule is COc1cc(NC(=O)C(N=Nc2cccc(OC)c2OC)C(C)=O)cc(OC)c1Cl. The average molecular weight is 436 g/mol. The summed E-state index contributed by atoms with van der Waals surface area (Å²) in [6.07, 6.45) is 0. The number of methoxy groups -OCH3 is 4. The average Bonchev–Trinajstić information content (AvgIpc) is 2.74. The number of halogens is 1. The van der Waals surface area contributed by atoms with E-state index in [0.717, 1.165) is 0 Å². The molecule has 160 valence electrons. The number of hydrogen-bond donors (Lipinski definition) is 1. The molecule has 0 saturated carbocycles. The molecule has 1 N–H and O–H groups in total. The number of ether oxygens (including phenoxy) is 4. The summed E-state index contributed by atoms with van der Waals surface area (Å²) >= 11 is 6.13. The molecule has 0 bridgehead atoms. The fourth-order valence-electron chi connectivity index (χ4n) is 2.54. The van der Waals surface area contributed by atoms with Crippen LogP contribution in [0.2, 0.25) is 5.02 Å². The smallest absolute Gasteiger partial charge is 0.258 e. The fraction of sp³-hybridized carbons (Fsp3) is 0.300. The van der Waals surface area contributed by atoms with Gasteiger partial charge in [-0.05, 0) is 19.1 Å². The van der Waals surface area contributed by atoms with Crippen molar-refractivity contribution in [2.75, 3.05) is 33.8 Å². The summed E-state index contributed by atoms with van der Waals surface area (Å²) in [6, 6.07) is 6.62. The second kappa shape index (κ2) is 10.4. The summed E-state index contributed by atoms with van der Waals surface area (Å²) in [7, 11) is 5.80. The third-order valence-electron chi connectivity index (χ3n) is 4.01. The van der Waals surface area contributed by atoms with E-state index in [0.29, 0.717) is 34.4 Å². The van der Waals surface area contributed by atoms with E-state index in [-0.39, 0.29) is 5.02 Å². The Balaban J connectivity index is 2.31. The van der Waals surface area contributed by atoms with Crippen molar-refractivity contribution in [1.29, 1.82) is 0 Å². The van der Waals surface area contributed by atoms with Gasteiger partial charge in [-0.15, -0.1) is 0 Å². The highest BCUT2D eigenvalue weighted by Gasteiger charge is 2.24. The van der Waals surface area contributed by atoms with Crippen LogP contribution in [0.15, 0.2) is 40.6 Å². The molecule has 2 rings (SSSR count). The van der Waals surface area contributed by atoms with E-state index in [1.165, 1.54) is 47.5 Å². The number of anilines is 1. The van der Waals surface area contributed by atoms with Crippen LogP contribution >= 0.6 is 11.6 Å². The van der Waals surface area contributed by atoms with Crippen molar-refractivity contribution in [3.8, 4) is 23.0 Å². The Bertz CT molecular complexity index is 939. The Morgan fingerprint density at radius 2 is 1.57 bits per heavy atom. The number of carbonyl (C=O) groups excluding carboxylic acids is 2. The van der Waals surface area contributed by atoms with E-state index >= 15 is 0 Å². The number of hydrogen-bond acceptors (Lipinski definition) is 8. The largest absolute Gasteiger partial charge is 0.495 e. The van der Waals surface area contributed by atoms with E-state index in [4.69, 9.17) is 30.5 Å². The lowest BCUT2D eigenvalue weighted by Gasteiger charge is -2.14. The Kier molecular flexibility index (Phi) is 7.99. The lowest BCUT2D eigenvalue weighted by atomic mass is 10.2. The van der Waals surface area contributed by atoms with Crippen LogP contribution in [0.1, 0.15) is 6.92 Å². The number of amides is 1. The van der Waals surface area contributed by atoms with Crippen molar-refractivity contribution in [2.24, 2.45) is 10.2 Å². The van der Waals surface area contributed by atoms with Gasteiger partial charge in [0.05, 0.1) is 28.4 Å².